The minimum Gasteiger partial charge on any atom is -0.374 e. The van der Waals surface area contributed by atoms with Gasteiger partial charge in [0.2, 0.25) is 5.91 Å². The summed E-state index contributed by atoms with van der Waals surface area (Å²) in [4.78, 5) is 53.1. The third-order valence-electron chi connectivity index (χ3n) is 13.3. The molecule has 10 rings (SSSR count). The second kappa shape index (κ2) is 17.3. The molecular formula is C45H49F2N11O5. The van der Waals surface area contributed by atoms with Gasteiger partial charge in [-0.1, -0.05) is 30.9 Å². The molecule has 2 bridgehead atoms. The van der Waals surface area contributed by atoms with Crippen molar-refractivity contribution in [3.63, 3.8) is 0 Å². The third kappa shape index (κ3) is 8.32. The number of anilines is 3. The molecule has 8 heterocycles. The summed E-state index contributed by atoms with van der Waals surface area (Å²) in [7, 11) is 0. The standard InChI is InChI=1S/C45H49F2N11O5/c1-27-22-54(14-11-38(27)62-17-3-5-29-4-2-6-33-34(29)19-48-21-37(33)55-15-13-40(59)52-45(55)61)23-28-7-9-30(10-8-28)58-25-36(41(53-58)42(46)47)50-44(60)35-20-49-57-16-12-39(51-43(35)57)56-24-32-18-31(56)26-63-32/h2,4,6,12,16,19-21,25,27-28,30-32,38,42H,7-11,13-15,17-18,22-24,26H2,1H3,(H,50,60)(H,52,59,61)/t27-,28-,30-,31+,32+,38-/m0/s1. The Bertz CT molecular complexity index is 2620. The first-order valence-electron chi connectivity index (χ1n) is 21.9. The minimum absolute atomic E-state index is 0.00320. The fraction of sp³-hybridized carbons (Fsp3) is 0.489. The first-order valence-corrected chi connectivity index (χ1v) is 21.9. The number of pyridine rings is 1. The number of ether oxygens (including phenoxy) is 2. The van der Waals surface area contributed by atoms with Crippen LogP contribution < -0.4 is 20.4 Å². The molecule has 4 atom stereocenters. The Morgan fingerprint density at radius 3 is 2.70 bits per heavy atom. The van der Waals surface area contributed by atoms with Crippen molar-refractivity contribution in [2.75, 3.05) is 61.1 Å². The molecule has 5 aromatic rings. The van der Waals surface area contributed by atoms with Crippen LogP contribution >= 0.6 is 0 Å². The van der Waals surface area contributed by atoms with Crippen LogP contribution in [-0.4, -0.2) is 116 Å². The van der Waals surface area contributed by atoms with Gasteiger partial charge in [0.15, 0.2) is 11.3 Å². The highest BCUT2D eigenvalue weighted by Gasteiger charge is 2.40. The van der Waals surface area contributed by atoms with Crippen LogP contribution in [0.2, 0.25) is 0 Å². The van der Waals surface area contributed by atoms with Gasteiger partial charge in [0.05, 0.1) is 54.7 Å². The zero-order valence-corrected chi connectivity index (χ0v) is 35.0. The van der Waals surface area contributed by atoms with Gasteiger partial charge in [0.1, 0.15) is 18.0 Å². The van der Waals surface area contributed by atoms with E-state index in [4.69, 9.17) is 14.5 Å². The van der Waals surface area contributed by atoms with Crippen LogP contribution in [0.15, 0.2) is 55.2 Å². The maximum atomic E-state index is 14.3. The molecule has 0 radical (unpaired) electrons. The number of hydrogen-bond acceptors (Lipinski definition) is 11. The quantitative estimate of drug-likeness (QED) is 0.168. The van der Waals surface area contributed by atoms with Gasteiger partial charge in [-0.15, -0.1) is 0 Å². The van der Waals surface area contributed by atoms with Crippen molar-refractivity contribution in [1.29, 1.82) is 0 Å². The third-order valence-corrected chi connectivity index (χ3v) is 13.3. The molecule has 5 fully saturated rings. The molecule has 4 aliphatic heterocycles. The van der Waals surface area contributed by atoms with E-state index >= 15 is 0 Å². The van der Waals surface area contributed by atoms with Gasteiger partial charge in [-0.3, -0.25) is 29.5 Å². The monoisotopic (exact) mass is 861 g/mol. The number of morpholine rings is 1. The smallest absolute Gasteiger partial charge is 0.328 e. The van der Waals surface area contributed by atoms with Crippen molar-refractivity contribution in [2.24, 2.45) is 11.8 Å². The summed E-state index contributed by atoms with van der Waals surface area (Å²) in [6, 6.07) is 7.37. The SMILES string of the molecule is C[C@H]1CN(C[C@H]2CC[C@H](n3cc(NC(=O)c4cnn5ccc(N6C[C@H]7C[C@@H]6CO7)nc45)c(C(F)F)n3)CC2)CC[C@@H]1OCC#Cc1cccc2c(N3CCC(=O)NC3=O)cncc12. The molecule has 16 nitrogen and oxygen atoms in total. The lowest BCUT2D eigenvalue weighted by atomic mass is 9.85. The highest BCUT2D eigenvalue weighted by Crippen LogP contribution is 2.37. The molecule has 5 aliphatic rings. The summed E-state index contributed by atoms with van der Waals surface area (Å²) in [6.07, 6.45) is 11.1. The summed E-state index contributed by atoms with van der Waals surface area (Å²) in [6.45, 7) is 7.00. The molecule has 4 aromatic heterocycles. The number of rotatable bonds is 10. The number of halogens is 2. The number of piperidine rings is 1. The summed E-state index contributed by atoms with van der Waals surface area (Å²) in [5.74, 6) is 7.12. The van der Waals surface area contributed by atoms with Crippen molar-refractivity contribution in [3.05, 3.63) is 72.1 Å². The number of nitrogens with zero attached hydrogens (tertiary/aromatic N) is 9. The molecule has 1 saturated carbocycles. The molecule has 1 aromatic carbocycles. The number of amides is 4. The van der Waals surface area contributed by atoms with Gasteiger partial charge in [-0.25, -0.2) is 23.1 Å². The predicted octanol–water partition coefficient (Wildman–Crippen LogP) is 5.60. The predicted molar refractivity (Wildman–Crippen MR) is 229 cm³/mol. The Morgan fingerprint density at radius 2 is 1.92 bits per heavy atom. The molecule has 18 heteroatoms. The number of nitrogens with one attached hydrogen (secondary N) is 2. The first kappa shape index (κ1) is 41.0. The largest absolute Gasteiger partial charge is 0.374 e. The van der Waals surface area contributed by atoms with Gasteiger partial charge in [-0.05, 0) is 62.5 Å². The van der Waals surface area contributed by atoms with Crippen LogP contribution in [-0.2, 0) is 14.3 Å². The van der Waals surface area contributed by atoms with Crippen molar-refractivity contribution < 1.29 is 32.6 Å². The van der Waals surface area contributed by atoms with E-state index in [1.165, 1.54) is 15.6 Å². The van der Waals surface area contributed by atoms with E-state index in [0.717, 1.165) is 86.9 Å². The number of imide groups is 1. The van der Waals surface area contributed by atoms with E-state index in [0.29, 0.717) is 42.9 Å². The Hall–Kier alpha value is -6.03. The molecule has 328 valence electrons. The highest BCUT2D eigenvalue weighted by molar-refractivity contribution is 6.10. The van der Waals surface area contributed by atoms with Crippen molar-refractivity contribution in [2.45, 2.75) is 82.6 Å². The van der Waals surface area contributed by atoms with Crippen LogP contribution in [0.4, 0.5) is 30.8 Å². The number of carbonyl (C=O) groups excluding carboxylic acids is 3. The second-order valence-electron chi connectivity index (χ2n) is 17.4. The lowest BCUT2D eigenvalue weighted by Gasteiger charge is -2.39. The van der Waals surface area contributed by atoms with Crippen molar-refractivity contribution in [3.8, 4) is 11.8 Å². The van der Waals surface area contributed by atoms with Gasteiger partial charge >= 0.3 is 6.03 Å². The number of alkyl halides is 2. The van der Waals surface area contributed by atoms with Gasteiger partial charge in [-0.2, -0.15) is 10.2 Å². The van der Waals surface area contributed by atoms with Gasteiger partial charge < -0.3 is 24.6 Å². The lowest BCUT2D eigenvalue weighted by Crippen LogP contribution is -2.49. The maximum Gasteiger partial charge on any atom is 0.328 e. The molecule has 0 unspecified atom stereocenters. The van der Waals surface area contributed by atoms with E-state index < -0.39 is 24.1 Å². The number of urea groups is 1. The zero-order chi connectivity index (χ0) is 43.2. The molecule has 2 N–H and O–H groups in total. The average molecular weight is 862 g/mol. The van der Waals surface area contributed by atoms with Gasteiger partial charge in [0.25, 0.3) is 12.3 Å². The van der Waals surface area contributed by atoms with Crippen molar-refractivity contribution >= 4 is 51.5 Å². The van der Waals surface area contributed by atoms with Crippen LogP contribution in [0.3, 0.4) is 0 Å². The second-order valence-corrected chi connectivity index (χ2v) is 17.4. The Balaban J connectivity index is 0.705. The molecule has 1 aliphatic carbocycles. The lowest BCUT2D eigenvalue weighted by molar-refractivity contribution is -0.120. The number of fused-ring (bicyclic) bond motifs is 4. The summed E-state index contributed by atoms with van der Waals surface area (Å²) in [5, 5.41) is 15.3. The zero-order valence-electron chi connectivity index (χ0n) is 35.0. The Morgan fingerprint density at radius 1 is 1.05 bits per heavy atom. The van der Waals surface area contributed by atoms with Crippen LogP contribution in [0.25, 0.3) is 16.4 Å². The van der Waals surface area contributed by atoms with E-state index in [-0.39, 0.29) is 47.9 Å². The molecule has 4 amide bonds. The number of likely N-dealkylation sites (tertiary alicyclic amines) is 1. The molecule has 4 saturated heterocycles. The average Bonchev–Trinajstić information content (AvgIpc) is 4.11. The number of carbonyl (C=O) groups is 3. The van der Waals surface area contributed by atoms with Crippen LogP contribution in [0, 0.1) is 23.7 Å². The molecular weight excluding hydrogens is 813 g/mol. The number of hydrogen-bond donors (Lipinski definition) is 2. The number of aromatic nitrogens is 6. The van der Waals surface area contributed by atoms with E-state index in [1.807, 2.05) is 24.3 Å². The fourth-order valence-corrected chi connectivity index (χ4v) is 10.1. The minimum atomic E-state index is -2.86. The summed E-state index contributed by atoms with van der Waals surface area (Å²) >= 11 is 0. The first-order chi connectivity index (χ1) is 30.6. The Labute approximate surface area is 362 Å². The summed E-state index contributed by atoms with van der Waals surface area (Å²) in [5.41, 5.74) is 1.53. The number of benzene rings is 1. The summed E-state index contributed by atoms with van der Waals surface area (Å²) < 4.78 is 43.8. The normalized spacial score (nSPS) is 25.2. The molecule has 63 heavy (non-hydrogen) atoms. The highest BCUT2D eigenvalue weighted by atomic mass is 19.3. The van der Waals surface area contributed by atoms with Crippen molar-refractivity contribution in [1.82, 2.24) is 39.6 Å². The maximum absolute atomic E-state index is 14.3. The topological polar surface area (TPSA) is 164 Å². The fourth-order valence-electron chi connectivity index (χ4n) is 10.1. The molecule has 0 spiro atoms. The van der Waals surface area contributed by atoms with E-state index in [9.17, 15) is 23.2 Å². The Kier molecular flexibility index (Phi) is 11.2. The van der Waals surface area contributed by atoms with E-state index in [2.05, 4.69) is 54.4 Å². The van der Waals surface area contributed by atoms with Crippen LogP contribution in [0.1, 0.15) is 86.0 Å². The van der Waals surface area contributed by atoms with E-state index in [1.54, 1.807) is 29.5 Å². The van der Waals surface area contributed by atoms with Gasteiger partial charge in [0, 0.05) is 74.1 Å². The van der Waals surface area contributed by atoms with Crippen LogP contribution in [0.5, 0.6) is 0 Å².